The van der Waals surface area contributed by atoms with Crippen molar-refractivity contribution < 1.29 is 38.1 Å². The number of ether oxygens (including phenoxy) is 4. The van der Waals surface area contributed by atoms with Gasteiger partial charge in [-0.25, -0.2) is 19.2 Å². The molecule has 0 aliphatic carbocycles. The molecule has 0 amide bonds. The van der Waals surface area contributed by atoms with E-state index in [1.165, 1.54) is 20.8 Å². The molecule has 0 aromatic rings. The zero-order chi connectivity index (χ0) is 19.9. The minimum absolute atomic E-state index is 0.0586. The summed E-state index contributed by atoms with van der Waals surface area (Å²) in [5, 5.41) is 0. The molecule has 1 saturated heterocycles. The number of allylic oxidation sites excluding steroid dienone is 1. The van der Waals surface area contributed by atoms with E-state index in [-0.39, 0.29) is 18.8 Å². The lowest BCUT2D eigenvalue weighted by Gasteiger charge is -2.30. The number of hydrogen-bond donors (Lipinski definition) is 0. The zero-order valence-electron chi connectivity index (χ0n) is 15.9. The molecule has 0 spiro atoms. The van der Waals surface area contributed by atoms with Crippen LogP contribution in [0.1, 0.15) is 53.9 Å². The Labute approximate surface area is 152 Å². The molecule has 1 aliphatic rings. The summed E-state index contributed by atoms with van der Waals surface area (Å²) in [6.45, 7) is 7.92. The third-order valence-electron chi connectivity index (χ3n) is 4.01. The molecule has 0 radical (unpaired) electrons. The molecule has 0 saturated carbocycles. The van der Waals surface area contributed by atoms with Gasteiger partial charge >= 0.3 is 29.5 Å². The lowest BCUT2D eigenvalue weighted by molar-refractivity contribution is -0.205. The predicted molar refractivity (Wildman–Crippen MR) is 89.9 cm³/mol. The molecule has 1 heterocycles. The van der Waals surface area contributed by atoms with Crippen LogP contribution < -0.4 is 0 Å². The van der Waals surface area contributed by atoms with Gasteiger partial charge in [0.1, 0.15) is 5.57 Å². The van der Waals surface area contributed by atoms with Crippen molar-refractivity contribution in [3.63, 3.8) is 0 Å². The quantitative estimate of drug-likeness (QED) is 0.220. The molecule has 0 N–H and O–H groups in total. The zero-order valence-corrected chi connectivity index (χ0v) is 15.9. The molecule has 1 rings (SSSR count). The smallest absolute Gasteiger partial charge is 0.366 e. The van der Waals surface area contributed by atoms with Crippen molar-refractivity contribution in [2.45, 2.75) is 65.6 Å². The van der Waals surface area contributed by atoms with Crippen molar-refractivity contribution in [3.8, 4) is 0 Å². The van der Waals surface area contributed by atoms with Crippen molar-refractivity contribution >= 4 is 23.9 Å². The van der Waals surface area contributed by atoms with Crippen LogP contribution >= 0.6 is 0 Å². The highest BCUT2D eigenvalue weighted by Crippen LogP contribution is 2.31. The SMILES string of the molecule is CCCC(CC)=C1C(=O)OC(C)C(C(=O)OCC)(C(=O)OCC)OC1=O. The van der Waals surface area contributed by atoms with Crippen LogP contribution in [0.5, 0.6) is 0 Å². The maximum atomic E-state index is 12.7. The van der Waals surface area contributed by atoms with Gasteiger partial charge in [-0.2, -0.15) is 0 Å². The summed E-state index contributed by atoms with van der Waals surface area (Å²) in [7, 11) is 0. The Hall–Kier alpha value is -2.38. The fourth-order valence-corrected chi connectivity index (χ4v) is 2.71. The molecule has 8 heteroatoms. The first-order valence-corrected chi connectivity index (χ1v) is 8.80. The number of cyclic esters (lactones) is 2. The van der Waals surface area contributed by atoms with Crippen molar-refractivity contribution in [1.82, 2.24) is 0 Å². The number of carbonyl (C=O) groups is 4. The number of carbonyl (C=O) groups excluding carboxylic acids is 4. The summed E-state index contributed by atoms with van der Waals surface area (Å²) in [6.07, 6.45) is 0.197. The second-order valence-electron chi connectivity index (χ2n) is 5.70. The Bertz CT molecular complexity index is 586. The molecule has 1 aliphatic heterocycles. The first kappa shape index (κ1) is 21.7. The van der Waals surface area contributed by atoms with Crippen molar-refractivity contribution in [1.29, 1.82) is 0 Å². The molecule has 146 valence electrons. The van der Waals surface area contributed by atoms with Gasteiger partial charge in [0.25, 0.3) is 0 Å². The maximum Gasteiger partial charge on any atom is 0.366 e. The van der Waals surface area contributed by atoms with E-state index in [0.717, 1.165) is 0 Å². The van der Waals surface area contributed by atoms with Crippen LogP contribution in [0, 0.1) is 0 Å². The van der Waals surface area contributed by atoms with E-state index in [9.17, 15) is 19.2 Å². The van der Waals surface area contributed by atoms with E-state index in [4.69, 9.17) is 18.9 Å². The average molecular weight is 370 g/mol. The summed E-state index contributed by atoms with van der Waals surface area (Å²) in [4.78, 5) is 50.2. The van der Waals surface area contributed by atoms with Gasteiger partial charge < -0.3 is 18.9 Å². The molecule has 1 unspecified atom stereocenters. The van der Waals surface area contributed by atoms with Crippen LogP contribution in [0.3, 0.4) is 0 Å². The Kier molecular flexibility index (Phi) is 7.79. The average Bonchev–Trinajstić information content (AvgIpc) is 2.68. The minimum atomic E-state index is -2.49. The molecule has 26 heavy (non-hydrogen) atoms. The summed E-state index contributed by atoms with van der Waals surface area (Å²) in [5.41, 5.74) is -2.24. The standard InChI is InChI=1S/C18H26O8/c1-6-10-12(7-2)13-14(19)25-11(5)18(26-15(13)20,16(21)23-8-3)17(22)24-9-4/h11H,6-10H2,1-5H3. The molecule has 1 fully saturated rings. The van der Waals surface area contributed by atoms with Crippen molar-refractivity contribution in [2.75, 3.05) is 13.2 Å². The lowest BCUT2D eigenvalue weighted by Crippen LogP contribution is -2.59. The fourth-order valence-electron chi connectivity index (χ4n) is 2.71. The van der Waals surface area contributed by atoms with Gasteiger partial charge in [-0.05, 0) is 39.2 Å². The highest BCUT2D eigenvalue weighted by molar-refractivity contribution is 6.18. The molecule has 8 nitrogen and oxygen atoms in total. The van der Waals surface area contributed by atoms with Crippen LogP contribution in [-0.4, -0.2) is 48.8 Å². The normalized spacial score (nSPS) is 21.2. The van der Waals surface area contributed by atoms with Gasteiger partial charge in [-0.1, -0.05) is 20.3 Å². The Balaban J connectivity index is 3.52. The van der Waals surface area contributed by atoms with Crippen LogP contribution in [0.15, 0.2) is 11.1 Å². The Morgan fingerprint density at radius 3 is 1.96 bits per heavy atom. The third kappa shape index (κ3) is 4.05. The van der Waals surface area contributed by atoms with Crippen LogP contribution in [0.25, 0.3) is 0 Å². The number of hydrogen-bond acceptors (Lipinski definition) is 8. The van der Waals surface area contributed by atoms with Crippen LogP contribution in [0.2, 0.25) is 0 Å². The first-order valence-electron chi connectivity index (χ1n) is 8.80. The molecule has 0 aromatic carbocycles. The highest BCUT2D eigenvalue weighted by atomic mass is 16.7. The summed E-state index contributed by atoms with van der Waals surface area (Å²) in [6, 6.07) is 0. The van der Waals surface area contributed by atoms with Gasteiger partial charge in [0.2, 0.25) is 0 Å². The van der Waals surface area contributed by atoms with Crippen molar-refractivity contribution in [3.05, 3.63) is 11.1 Å². The van der Waals surface area contributed by atoms with E-state index in [1.54, 1.807) is 6.92 Å². The van der Waals surface area contributed by atoms with Crippen LogP contribution in [0.4, 0.5) is 0 Å². The maximum absolute atomic E-state index is 12.7. The fraction of sp³-hybridized carbons (Fsp3) is 0.667. The van der Waals surface area contributed by atoms with Gasteiger partial charge in [-0.3, -0.25) is 0 Å². The van der Waals surface area contributed by atoms with E-state index < -0.39 is 35.6 Å². The predicted octanol–water partition coefficient (Wildman–Crippen LogP) is 1.85. The molecular weight excluding hydrogens is 344 g/mol. The third-order valence-corrected chi connectivity index (χ3v) is 4.01. The van der Waals surface area contributed by atoms with E-state index >= 15 is 0 Å². The van der Waals surface area contributed by atoms with Gasteiger partial charge in [0, 0.05) is 0 Å². The van der Waals surface area contributed by atoms with Gasteiger partial charge in [-0.15, -0.1) is 0 Å². The highest BCUT2D eigenvalue weighted by Gasteiger charge is 2.62. The van der Waals surface area contributed by atoms with Gasteiger partial charge in [0.05, 0.1) is 13.2 Å². The molecule has 1 atom stereocenters. The summed E-state index contributed by atoms with van der Waals surface area (Å²) in [5.74, 6) is -4.29. The Morgan fingerprint density at radius 2 is 1.54 bits per heavy atom. The molecular formula is C18H26O8. The largest absolute Gasteiger partial charge is 0.462 e. The second-order valence-corrected chi connectivity index (χ2v) is 5.70. The number of rotatable bonds is 7. The van der Waals surface area contributed by atoms with E-state index in [1.807, 2.05) is 6.92 Å². The molecule has 0 aromatic heterocycles. The lowest BCUT2D eigenvalue weighted by atomic mass is 9.97. The Morgan fingerprint density at radius 1 is 1.00 bits per heavy atom. The minimum Gasteiger partial charge on any atom is -0.462 e. The first-order chi connectivity index (χ1) is 12.3. The summed E-state index contributed by atoms with van der Waals surface area (Å²) >= 11 is 0. The monoisotopic (exact) mass is 370 g/mol. The van der Waals surface area contributed by atoms with E-state index in [0.29, 0.717) is 24.8 Å². The van der Waals surface area contributed by atoms with Crippen molar-refractivity contribution in [2.24, 2.45) is 0 Å². The second kappa shape index (κ2) is 9.35. The molecule has 0 bridgehead atoms. The van der Waals surface area contributed by atoms with Gasteiger partial charge in [0.15, 0.2) is 6.10 Å². The van der Waals surface area contributed by atoms with Crippen LogP contribution in [-0.2, 0) is 38.1 Å². The summed E-state index contributed by atoms with van der Waals surface area (Å²) < 4.78 is 20.3. The van der Waals surface area contributed by atoms with E-state index in [2.05, 4.69) is 0 Å². The number of esters is 4. The topological polar surface area (TPSA) is 105 Å².